The Hall–Kier alpha value is -1.03. The van der Waals surface area contributed by atoms with E-state index < -0.39 is 6.03 Å². The monoisotopic (exact) mass is 170 g/mol. The maximum absolute atomic E-state index is 10.2. The molecule has 3 nitrogen and oxygen atoms in total. The Labute approximate surface area is 69.2 Å². The Morgan fingerprint density at radius 1 is 1.73 bits per heavy atom. The van der Waals surface area contributed by atoms with Crippen LogP contribution in [0.1, 0.15) is 4.88 Å². The van der Waals surface area contributed by atoms with Crippen LogP contribution in [-0.2, 0) is 6.42 Å². The summed E-state index contributed by atoms with van der Waals surface area (Å²) in [4.78, 5) is 11.5. The third kappa shape index (κ3) is 3.04. The second-order valence-corrected chi connectivity index (χ2v) is 3.15. The molecule has 0 aromatic carbocycles. The fourth-order valence-corrected chi connectivity index (χ4v) is 1.47. The largest absolute Gasteiger partial charge is 0.352 e. The van der Waals surface area contributed by atoms with Crippen molar-refractivity contribution < 1.29 is 4.79 Å². The lowest BCUT2D eigenvalue weighted by atomic mass is 10.3. The average molecular weight is 170 g/mol. The van der Waals surface area contributed by atoms with E-state index in [0.717, 1.165) is 6.42 Å². The average Bonchev–Trinajstić information content (AvgIpc) is 2.39. The summed E-state index contributed by atoms with van der Waals surface area (Å²) < 4.78 is 0. The molecule has 0 spiro atoms. The first-order valence-electron chi connectivity index (χ1n) is 3.35. The van der Waals surface area contributed by atoms with Gasteiger partial charge in [-0.05, 0) is 17.9 Å². The number of nitrogens with two attached hydrogens (primary N) is 1. The number of thiophene rings is 1. The molecular formula is C7H10N2OS. The summed E-state index contributed by atoms with van der Waals surface area (Å²) in [6, 6.07) is 3.57. The van der Waals surface area contributed by atoms with Crippen LogP contribution >= 0.6 is 11.3 Å². The van der Waals surface area contributed by atoms with Crippen LogP contribution in [0.2, 0.25) is 0 Å². The van der Waals surface area contributed by atoms with Gasteiger partial charge in [0, 0.05) is 11.4 Å². The van der Waals surface area contributed by atoms with Crippen molar-refractivity contribution >= 4 is 17.4 Å². The Kier molecular flexibility index (Phi) is 2.92. The summed E-state index contributed by atoms with van der Waals surface area (Å²) in [5.74, 6) is 0. The van der Waals surface area contributed by atoms with Crippen LogP contribution in [0.3, 0.4) is 0 Å². The molecule has 0 aliphatic rings. The minimum absolute atomic E-state index is 0.457. The number of hydrogen-bond acceptors (Lipinski definition) is 2. The van der Waals surface area contributed by atoms with E-state index in [1.54, 1.807) is 11.3 Å². The van der Waals surface area contributed by atoms with Crippen molar-refractivity contribution in [3.63, 3.8) is 0 Å². The number of carbonyl (C=O) groups excluding carboxylic acids is 1. The van der Waals surface area contributed by atoms with Crippen LogP contribution in [0.4, 0.5) is 4.79 Å². The summed E-state index contributed by atoms with van der Waals surface area (Å²) >= 11 is 1.68. The van der Waals surface area contributed by atoms with Gasteiger partial charge in [-0.2, -0.15) is 0 Å². The van der Waals surface area contributed by atoms with Crippen LogP contribution in [0.25, 0.3) is 0 Å². The van der Waals surface area contributed by atoms with Gasteiger partial charge in [0.1, 0.15) is 0 Å². The van der Waals surface area contributed by atoms with Crippen LogP contribution in [0, 0.1) is 0 Å². The van der Waals surface area contributed by atoms with E-state index in [2.05, 4.69) is 5.32 Å². The molecule has 11 heavy (non-hydrogen) atoms. The Morgan fingerprint density at radius 3 is 3.09 bits per heavy atom. The Bertz CT molecular complexity index is 220. The zero-order chi connectivity index (χ0) is 8.10. The second-order valence-electron chi connectivity index (χ2n) is 2.12. The number of primary amides is 1. The first kappa shape index (κ1) is 8.07. The Morgan fingerprint density at radius 2 is 2.55 bits per heavy atom. The summed E-state index contributed by atoms with van der Waals surface area (Å²) in [6.07, 6.45) is 0.862. The molecule has 1 rings (SSSR count). The van der Waals surface area contributed by atoms with Crippen molar-refractivity contribution in [2.45, 2.75) is 6.42 Å². The van der Waals surface area contributed by atoms with E-state index in [9.17, 15) is 4.79 Å². The summed E-state index contributed by atoms with van der Waals surface area (Å²) in [7, 11) is 0. The van der Waals surface area contributed by atoms with E-state index in [-0.39, 0.29) is 0 Å². The van der Waals surface area contributed by atoms with Gasteiger partial charge in [0.2, 0.25) is 0 Å². The fourth-order valence-electron chi connectivity index (χ4n) is 0.764. The zero-order valence-corrected chi connectivity index (χ0v) is 6.86. The quantitative estimate of drug-likeness (QED) is 0.697. The maximum atomic E-state index is 10.2. The molecule has 1 aromatic heterocycles. The van der Waals surface area contributed by atoms with Gasteiger partial charge in [0.25, 0.3) is 0 Å². The van der Waals surface area contributed by atoms with Crippen molar-refractivity contribution in [3.05, 3.63) is 22.4 Å². The van der Waals surface area contributed by atoms with Crippen LogP contribution in [-0.4, -0.2) is 12.6 Å². The summed E-state index contributed by atoms with van der Waals surface area (Å²) in [5, 5.41) is 4.54. The third-order valence-electron chi connectivity index (χ3n) is 1.25. The predicted molar refractivity (Wildman–Crippen MR) is 45.6 cm³/mol. The number of rotatable bonds is 3. The van der Waals surface area contributed by atoms with Crippen LogP contribution < -0.4 is 11.1 Å². The SMILES string of the molecule is NC(=O)NCCc1cccs1. The van der Waals surface area contributed by atoms with Gasteiger partial charge in [0.15, 0.2) is 0 Å². The van der Waals surface area contributed by atoms with Crippen molar-refractivity contribution in [1.29, 1.82) is 0 Å². The van der Waals surface area contributed by atoms with Crippen molar-refractivity contribution in [1.82, 2.24) is 5.32 Å². The van der Waals surface area contributed by atoms with Crippen molar-refractivity contribution in [2.24, 2.45) is 5.73 Å². The smallest absolute Gasteiger partial charge is 0.312 e. The number of amides is 2. The lowest BCUT2D eigenvalue weighted by Gasteiger charge is -1.97. The highest BCUT2D eigenvalue weighted by Crippen LogP contribution is 2.07. The molecule has 0 fully saturated rings. The highest BCUT2D eigenvalue weighted by molar-refractivity contribution is 7.09. The first-order chi connectivity index (χ1) is 5.29. The van der Waals surface area contributed by atoms with Crippen molar-refractivity contribution in [3.8, 4) is 0 Å². The van der Waals surface area contributed by atoms with Crippen LogP contribution in [0.5, 0.6) is 0 Å². The summed E-state index contributed by atoms with van der Waals surface area (Å²) in [5.41, 5.74) is 4.89. The molecule has 1 heterocycles. The molecule has 60 valence electrons. The van der Waals surface area contributed by atoms with Crippen molar-refractivity contribution in [2.75, 3.05) is 6.54 Å². The molecule has 0 saturated carbocycles. The molecule has 3 N–H and O–H groups in total. The molecule has 0 aliphatic carbocycles. The number of nitrogens with one attached hydrogen (secondary N) is 1. The van der Waals surface area contributed by atoms with Gasteiger partial charge in [-0.15, -0.1) is 11.3 Å². The molecule has 0 atom stereocenters. The van der Waals surface area contributed by atoms with Gasteiger partial charge in [-0.1, -0.05) is 6.07 Å². The first-order valence-corrected chi connectivity index (χ1v) is 4.22. The molecule has 0 radical (unpaired) electrons. The lowest BCUT2D eigenvalue weighted by molar-refractivity contribution is 0.249. The number of carbonyl (C=O) groups is 1. The number of urea groups is 1. The molecule has 0 unspecified atom stereocenters. The molecule has 2 amide bonds. The minimum Gasteiger partial charge on any atom is -0.352 e. The highest BCUT2D eigenvalue weighted by Gasteiger charge is 1.93. The fraction of sp³-hybridized carbons (Fsp3) is 0.286. The van der Waals surface area contributed by atoms with E-state index in [0.29, 0.717) is 6.54 Å². The van der Waals surface area contributed by atoms with E-state index in [1.165, 1.54) is 4.88 Å². The topological polar surface area (TPSA) is 55.1 Å². The molecular weight excluding hydrogens is 160 g/mol. The second kappa shape index (κ2) is 3.98. The van der Waals surface area contributed by atoms with Gasteiger partial charge >= 0.3 is 6.03 Å². The van der Waals surface area contributed by atoms with E-state index >= 15 is 0 Å². The molecule has 0 saturated heterocycles. The molecule has 1 aromatic rings. The third-order valence-corrected chi connectivity index (χ3v) is 2.19. The Balaban J connectivity index is 2.19. The molecule has 0 aliphatic heterocycles. The zero-order valence-electron chi connectivity index (χ0n) is 6.04. The molecule has 4 heteroatoms. The van der Waals surface area contributed by atoms with Gasteiger partial charge in [-0.25, -0.2) is 4.79 Å². The van der Waals surface area contributed by atoms with Gasteiger partial charge < -0.3 is 11.1 Å². The predicted octanol–water partition coefficient (Wildman–Crippen LogP) is 0.959. The summed E-state index contributed by atoms with van der Waals surface area (Å²) in [6.45, 7) is 0.621. The normalized spacial score (nSPS) is 9.45. The van der Waals surface area contributed by atoms with E-state index in [4.69, 9.17) is 5.73 Å². The standard InChI is InChI=1S/C7H10N2OS/c8-7(10)9-4-3-6-2-1-5-11-6/h1-2,5H,3-4H2,(H3,8,9,10). The lowest BCUT2D eigenvalue weighted by Crippen LogP contribution is -2.30. The minimum atomic E-state index is -0.457. The van der Waals surface area contributed by atoms with Crippen LogP contribution in [0.15, 0.2) is 17.5 Å². The van der Waals surface area contributed by atoms with Gasteiger partial charge in [-0.3, -0.25) is 0 Å². The van der Waals surface area contributed by atoms with E-state index in [1.807, 2.05) is 17.5 Å². The number of hydrogen-bond donors (Lipinski definition) is 2. The van der Waals surface area contributed by atoms with Gasteiger partial charge in [0.05, 0.1) is 0 Å². The highest BCUT2D eigenvalue weighted by atomic mass is 32.1. The maximum Gasteiger partial charge on any atom is 0.312 e. The molecule has 0 bridgehead atoms.